The summed E-state index contributed by atoms with van der Waals surface area (Å²) < 4.78 is 12.4. The average molecular weight is 252 g/mol. The molecule has 0 bridgehead atoms. The summed E-state index contributed by atoms with van der Waals surface area (Å²) in [4.78, 5) is 1.05. The number of thiophene rings is 1. The molecule has 0 radical (unpaired) electrons. The molecule has 0 saturated heterocycles. The fourth-order valence-corrected chi connectivity index (χ4v) is 3.91. The minimum Gasteiger partial charge on any atom is -0.325 e. The Labute approximate surface area is 95.9 Å². The van der Waals surface area contributed by atoms with E-state index in [0.29, 0.717) is 11.5 Å². The Bertz CT molecular complexity index is 330. The Balaban J connectivity index is 2.50. The quantitative estimate of drug-likeness (QED) is 0.893. The standard InChI is InChI=1S/C9H14ClNOS2/c1-9(2,11)6-14(12)5-7-3-4-8(10)13-7/h3-4H,5-6,11H2,1-2H3. The third-order valence-corrected chi connectivity index (χ3v) is 4.58. The lowest BCUT2D eigenvalue weighted by Crippen LogP contribution is -2.38. The third kappa shape index (κ3) is 4.55. The zero-order valence-electron chi connectivity index (χ0n) is 8.25. The molecule has 1 aromatic heterocycles. The fraction of sp³-hybridized carbons (Fsp3) is 0.556. The minimum atomic E-state index is -0.900. The van der Waals surface area contributed by atoms with E-state index in [4.69, 9.17) is 17.3 Å². The largest absolute Gasteiger partial charge is 0.325 e. The molecule has 1 unspecified atom stereocenters. The van der Waals surface area contributed by atoms with E-state index in [1.54, 1.807) is 0 Å². The van der Waals surface area contributed by atoms with Gasteiger partial charge in [-0.05, 0) is 26.0 Å². The van der Waals surface area contributed by atoms with Gasteiger partial charge in [0.05, 0.1) is 10.1 Å². The van der Waals surface area contributed by atoms with Crippen molar-refractivity contribution in [3.05, 3.63) is 21.3 Å². The number of hydrogen-bond donors (Lipinski definition) is 1. The van der Waals surface area contributed by atoms with Crippen LogP contribution in [-0.2, 0) is 16.6 Å². The molecule has 2 N–H and O–H groups in total. The predicted octanol–water partition coefficient (Wildman–Crippen LogP) is 2.39. The average Bonchev–Trinajstić information content (AvgIpc) is 2.30. The van der Waals surface area contributed by atoms with Crippen molar-refractivity contribution in [1.82, 2.24) is 0 Å². The van der Waals surface area contributed by atoms with Crippen LogP contribution < -0.4 is 5.73 Å². The van der Waals surface area contributed by atoms with Crippen LogP contribution in [0, 0.1) is 0 Å². The van der Waals surface area contributed by atoms with Crippen molar-refractivity contribution in [3.63, 3.8) is 0 Å². The second kappa shape index (κ2) is 4.75. The highest BCUT2D eigenvalue weighted by Crippen LogP contribution is 2.22. The summed E-state index contributed by atoms with van der Waals surface area (Å²) in [5.74, 6) is 1.07. The topological polar surface area (TPSA) is 43.1 Å². The van der Waals surface area contributed by atoms with Crippen LogP contribution in [0.2, 0.25) is 4.34 Å². The lowest BCUT2D eigenvalue weighted by Gasteiger charge is -2.16. The second-order valence-electron chi connectivity index (χ2n) is 3.92. The van der Waals surface area contributed by atoms with Crippen LogP contribution in [0.5, 0.6) is 0 Å². The highest BCUT2D eigenvalue weighted by Gasteiger charge is 2.15. The maximum atomic E-state index is 11.6. The molecular weight excluding hydrogens is 238 g/mol. The summed E-state index contributed by atoms with van der Waals surface area (Å²) >= 11 is 7.25. The Morgan fingerprint density at radius 3 is 2.64 bits per heavy atom. The molecule has 0 aliphatic carbocycles. The molecule has 0 amide bonds. The molecule has 0 aromatic carbocycles. The Kier molecular flexibility index (Phi) is 4.13. The molecule has 0 saturated carbocycles. The van der Waals surface area contributed by atoms with Gasteiger partial charge in [0, 0.05) is 27.0 Å². The van der Waals surface area contributed by atoms with Gasteiger partial charge in [0.1, 0.15) is 0 Å². The molecule has 1 aromatic rings. The van der Waals surface area contributed by atoms with Crippen molar-refractivity contribution in [1.29, 1.82) is 0 Å². The summed E-state index contributed by atoms with van der Waals surface area (Å²) in [6.07, 6.45) is 0. The molecule has 1 atom stereocenters. The van der Waals surface area contributed by atoms with Crippen LogP contribution in [-0.4, -0.2) is 15.5 Å². The normalized spacial score (nSPS) is 14.3. The maximum absolute atomic E-state index is 11.6. The molecular formula is C9H14ClNOS2. The van der Waals surface area contributed by atoms with Gasteiger partial charge < -0.3 is 5.73 Å². The zero-order chi connectivity index (χ0) is 10.8. The number of hydrogen-bond acceptors (Lipinski definition) is 3. The van der Waals surface area contributed by atoms with E-state index in [-0.39, 0.29) is 5.54 Å². The van der Waals surface area contributed by atoms with Gasteiger partial charge in [0.25, 0.3) is 0 Å². The summed E-state index contributed by atoms with van der Waals surface area (Å²) in [7, 11) is -0.900. The van der Waals surface area contributed by atoms with Gasteiger partial charge in [-0.2, -0.15) is 0 Å². The monoisotopic (exact) mass is 251 g/mol. The third-order valence-electron chi connectivity index (χ3n) is 1.47. The zero-order valence-corrected chi connectivity index (χ0v) is 10.6. The SMILES string of the molecule is CC(C)(N)CS(=O)Cc1ccc(Cl)s1. The van der Waals surface area contributed by atoms with Gasteiger partial charge in [0.15, 0.2) is 0 Å². The fourth-order valence-electron chi connectivity index (χ4n) is 1.05. The first kappa shape index (κ1) is 12.2. The van der Waals surface area contributed by atoms with E-state index in [9.17, 15) is 4.21 Å². The van der Waals surface area contributed by atoms with E-state index in [1.165, 1.54) is 11.3 Å². The Morgan fingerprint density at radius 2 is 2.21 bits per heavy atom. The van der Waals surface area contributed by atoms with Gasteiger partial charge in [-0.25, -0.2) is 0 Å². The first-order chi connectivity index (χ1) is 6.37. The molecule has 1 rings (SSSR count). The van der Waals surface area contributed by atoms with Gasteiger partial charge >= 0.3 is 0 Å². The summed E-state index contributed by atoms with van der Waals surface area (Å²) in [6, 6.07) is 3.74. The number of halogens is 1. The lowest BCUT2D eigenvalue weighted by atomic mass is 10.1. The van der Waals surface area contributed by atoms with Crippen LogP contribution in [0.15, 0.2) is 12.1 Å². The first-order valence-electron chi connectivity index (χ1n) is 4.25. The van der Waals surface area contributed by atoms with E-state index in [0.717, 1.165) is 9.21 Å². The smallest absolute Gasteiger partial charge is 0.0931 e. The maximum Gasteiger partial charge on any atom is 0.0931 e. The van der Waals surface area contributed by atoms with Crippen molar-refractivity contribution in [3.8, 4) is 0 Å². The highest BCUT2D eigenvalue weighted by molar-refractivity contribution is 7.84. The molecule has 2 nitrogen and oxygen atoms in total. The van der Waals surface area contributed by atoms with Crippen LogP contribution in [0.4, 0.5) is 0 Å². The van der Waals surface area contributed by atoms with Gasteiger partial charge in [0.2, 0.25) is 0 Å². The molecule has 0 spiro atoms. The van der Waals surface area contributed by atoms with Crippen LogP contribution in [0.25, 0.3) is 0 Å². The van der Waals surface area contributed by atoms with Crippen molar-refractivity contribution in [2.75, 3.05) is 5.75 Å². The van der Waals surface area contributed by atoms with Crippen molar-refractivity contribution < 1.29 is 4.21 Å². The van der Waals surface area contributed by atoms with Gasteiger partial charge in [-0.3, -0.25) is 4.21 Å². The summed E-state index contributed by atoms with van der Waals surface area (Å²) in [5, 5.41) is 0. The van der Waals surface area contributed by atoms with Gasteiger partial charge in [-0.15, -0.1) is 11.3 Å². The highest BCUT2D eigenvalue weighted by atomic mass is 35.5. The number of nitrogens with two attached hydrogens (primary N) is 1. The predicted molar refractivity (Wildman–Crippen MR) is 64.3 cm³/mol. The van der Waals surface area contributed by atoms with E-state index >= 15 is 0 Å². The van der Waals surface area contributed by atoms with E-state index < -0.39 is 10.8 Å². The van der Waals surface area contributed by atoms with Crippen LogP contribution in [0.1, 0.15) is 18.7 Å². The lowest BCUT2D eigenvalue weighted by molar-refractivity contribution is 0.577. The van der Waals surface area contributed by atoms with Crippen molar-refractivity contribution >= 4 is 33.7 Å². The first-order valence-corrected chi connectivity index (χ1v) is 6.93. The van der Waals surface area contributed by atoms with Crippen LogP contribution in [0.3, 0.4) is 0 Å². The molecule has 0 aliphatic heterocycles. The van der Waals surface area contributed by atoms with E-state index in [2.05, 4.69) is 0 Å². The summed E-state index contributed by atoms with van der Waals surface area (Å²) in [5.41, 5.74) is 5.41. The van der Waals surface area contributed by atoms with Crippen molar-refractivity contribution in [2.24, 2.45) is 5.73 Å². The molecule has 1 heterocycles. The van der Waals surface area contributed by atoms with Crippen LogP contribution >= 0.6 is 22.9 Å². The molecule has 0 fully saturated rings. The number of rotatable bonds is 4. The molecule has 0 aliphatic rings. The minimum absolute atomic E-state index is 0.369. The van der Waals surface area contributed by atoms with Gasteiger partial charge in [-0.1, -0.05) is 11.6 Å². The van der Waals surface area contributed by atoms with E-state index in [1.807, 2.05) is 26.0 Å². The van der Waals surface area contributed by atoms with Crippen molar-refractivity contribution in [2.45, 2.75) is 25.1 Å². The summed E-state index contributed by atoms with van der Waals surface area (Å²) in [6.45, 7) is 3.76. The Hall–Kier alpha value is 0.1000. The molecule has 5 heteroatoms. The Morgan fingerprint density at radius 1 is 1.57 bits per heavy atom. The second-order valence-corrected chi connectivity index (χ2v) is 7.18. The molecule has 80 valence electrons. The molecule has 14 heavy (non-hydrogen) atoms.